The van der Waals surface area contributed by atoms with E-state index in [0.29, 0.717) is 6.54 Å². The number of rotatable bonds is 6. The molecule has 0 spiro atoms. The fourth-order valence-electron chi connectivity index (χ4n) is 2.32. The highest BCUT2D eigenvalue weighted by Crippen LogP contribution is 2.06. The van der Waals surface area contributed by atoms with Crippen LogP contribution in [0.4, 0.5) is 0 Å². The zero-order valence-corrected chi connectivity index (χ0v) is 17.2. The van der Waals surface area contributed by atoms with E-state index < -0.39 is 0 Å². The Hall–Kier alpha value is -1.64. The van der Waals surface area contributed by atoms with Crippen LogP contribution in [0.2, 0.25) is 0 Å². The SMILES string of the molecule is CCNC(=NCc1nncn1CC)N(C)Cc1ccc(C)cc1.I. The molecule has 2 rings (SSSR count). The molecule has 0 atom stereocenters. The van der Waals surface area contributed by atoms with Crippen LogP contribution < -0.4 is 5.32 Å². The van der Waals surface area contributed by atoms with E-state index in [2.05, 4.69) is 70.4 Å². The average Bonchev–Trinajstić information content (AvgIpc) is 3.01. The molecule has 0 aliphatic rings. The minimum atomic E-state index is 0. The summed E-state index contributed by atoms with van der Waals surface area (Å²) in [5.74, 6) is 1.75. The lowest BCUT2D eigenvalue weighted by Crippen LogP contribution is -2.38. The lowest BCUT2D eigenvalue weighted by molar-refractivity contribution is 0.476. The van der Waals surface area contributed by atoms with Gasteiger partial charge < -0.3 is 14.8 Å². The first-order valence-corrected chi connectivity index (χ1v) is 8.05. The maximum atomic E-state index is 4.69. The molecule has 0 aliphatic carbocycles. The summed E-state index contributed by atoms with van der Waals surface area (Å²) in [6.45, 7) is 9.27. The van der Waals surface area contributed by atoms with Gasteiger partial charge in [-0.3, -0.25) is 0 Å². The Labute approximate surface area is 161 Å². The van der Waals surface area contributed by atoms with Crippen molar-refractivity contribution in [2.75, 3.05) is 13.6 Å². The van der Waals surface area contributed by atoms with Crippen molar-refractivity contribution in [2.24, 2.45) is 4.99 Å². The Balaban J connectivity index is 0.00000288. The molecular weight excluding hydrogens is 415 g/mol. The molecule has 24 heavy (non-hydrogen) atoms. The van der Waals surface area contributed by atoms with Gasteiger partial charge in [-0.2, -0.15) is 0 Å². The van der Waals surface area contributed by atoms with Gasteiger partial charge in [-0.15, -0.1) is 34.2 Å². The van der Waals surface area contributed by atoms with Crippen molar-refractivity contribution in [3.63, 3.8) is 0 Å². The average molecular weight is 442 g/mol. The summed E-state index contributed by atoms with van der Waals surface area (Å²) >= 11 is 0. The van der Waals surface area contributed by atoms with E-state index in [1.165, 1.54) is 11.1 Å². The summed E-state index contributed by atoms with van der Waals surface area (Å²) in [6.07, 6.45) is 1.74. The van der Waals surface area contributed by atoms with Crippen LogP contribution in [0.5, 0.6) is 0 Å². The molecule has 0 bridgehead atoms. The van der Waals surface area contributed by atoms with Crippen molar-refractivity contribution < 1.29 is 0 Å². The number of hydrogen-bond donors (Lipinski definition) is 1. The van der Waals surface area contributed by atoms with Gasteiger partial charge in [0.25, 0.3) is 0 Å². The highest BCUT2D eigenvalue weighted by atomic mass is 127. The van der Waals surface area contributed by atoms with Gasteiger partial charge >= 0.3 is 0 Å². The zero-order chi connectivity index (χ0) is 16.7. The van der Waals surface area contributed by atoms with Gasteiger partial charge in [-0.05, 0) is 26.3 Å². The van der Waals surface area contributed by atoms with Crippen LogP contribution in [0.1, 0.15) is 30.8 Å². The third-order valence-electron chi connectivity index (χ3n) is 3.64. The van der Waals surface area contributed by atoms with E-state index in [1.807, 2.05) is 11.6 Å². The molecule has 0 radical (unpaired) electrons. The molecule has 0 saturated carbocycles. The van der Waals surface area contributed by atoms with Crippen LogP contribution in [0.3, 0.4) is 0 Å². The summed E-state index contributed by atoms with van der Waals surface area (Å²) in [6, 6.07) is 8.58. The van der Waals surface area contributed by atoms with Gasteiger partial charge in [0.1, 0.15) is 12.9 Å². The minimum absolute atomic E-state index is 0. The Bertz CT molecular complexity index is 635. The van der Waals surface area contributed by atoms with Gasteiger partial charge in [-0.1, -0.05) is 29.8 Å². The number of hydrogen-bond acceptors (Lipinski definition) is 3. The van der Waals surface area contributed by atoms with Crippen molar-refractivity contribution in [3.8, 4) is 0 Å². The zero-order valence-electron chi connectivity index (χ0n) is 14.9. The van der Waals surface area contributed by atoms with Crippen molar-refractivity contribution in [2.45, 2.75) is 40.4 Å². The van der Waals surface area contributed by atoms with Gasteiger partial charge in [0, 0.05) is 26.7 Å². The Morgan fingerprint density at radius 3 is 2.58 bits per heavy atom. The highest BCUT2D eigenvalue weighted by Gasteiger charge is 2.08. The Kier molecular flexibility index (Phi) is 8.73. The summed E-state index contributed by atoms with van der Waals surface area (Å²) in [5, 5.41) is 11.4. The summed E-state index contributed by atoms with van der Waals surface area (Å²) in [4.78, 5) is 6.81. The number of aliphatic imine (C=N–C) groups is 1. The van der Waals surface area contributed by atoms with Crippen molar-refractivity contribution in [3.05, 3.63) is 47.5 Å². The van der Waals surface area contributed by atoms with Crippen LogP contribution in [0, 0.1) is 6.92 Å². The summed E-state index contributed by atoms with van der Waals surface area (Å²) in [5.41, 5.74) is 2.54. The second-order valence-electron chi connectivity index (χ2n) is 5.55. The van der Waals surface area contributed by atoms with E-state index in [-0.39, 0.29) is 24.0 Å². The fourth-order valence-corrected chi connectivity index (χ4v) is 2.32. The van der Waals surface area contributed by atoms with Gasteiger partial charge in [-0.25, -0.2) is 4.99 Å². The molecule has 1 N–H and O–H groups in total. The van der Waals surface area contributed by atoms with Crippen LogP contribution in [-0.2, 0) is 19.6 Å². The Morgan fingerprint density at radius 1 is 1.25 bits per heavy atom. The van der Waals surface area contributed by atoms with E-state index in [9.17, 15) is 0 Å². The first kappa shape index (κ1) is 20.4. The van der Waals surface area contributed by atoms with E-state index >= 15 is 0 Å². The number of aryl methyl sites for hydroxylation is 2. The molecular formula is C17H27IN6. The normalized spacial score (nSPS) is 11.1. The molecule has 2 aromatic rings. The van der Waals surface area contributed by atoms with Crippen LogP contribution in [0.25, 0.3) is 0 Å². The maximum Gasteiger partial charge on any atom is 0.194 e. The number of aromatic nitrogens is 3. The van der Waals surface area contributed by atoms with Crippen molar-refractivity contribution in [1.82, 2.24) is 25.0 Å². The van der Waals surface area contributed by atoms with E-state index in [1.54, 1.807) is 6.33 Å². The smallest absolute Gasteiger partial charge is 0.194 e. The molecule has 1 heterocycles. The van der Waals surface area contributed by atoms with Crippen molar-refractivity contribution >= 4 is 29.9 Å². The number of nitrogens with zero attached hydrogens (tertiary/aromatic N) is 5. The lowest BCUT2D eigenvalue weighted by Gasteiger charge is -2.22. The molecule has 7 heteroatoms. The molecule has 6 nitrogen and oxygen atoms in total. The number of halogens is 1. The second-order valence-corrected chi connectivity index (χ2v) is 5.55. The van der Waals surface area contributed by atoms with Crippen LogP contribution in [0.15, 0.2) is 35.6 Å². The maximum absolute atomic E-state index is 4.69. The molecule has 0 amide bonds. The number of benzene rings is 1. The molecule has 0 saturated heterocycles. The van der Waals surface area contributed by atoms with Gasteiger partial charge in [0.15, 0.2) is 11.8 Å². The third-order valence-corrected chi connectivity index (χ3v) is 3.64. The highest BCUT2D eigenvalue weighted by molar-refractivity contribution is 14.0. The first-order valence-electron chi connectivity index (χ1n) is 8.05. The lowest BCUT2D eigenvalue weighted by atomic mass is 10.1. The number of guanidine groups is 1. The van der Waals surface area contributed by atoms with Crippen molar-refractivity contribution in [1.29, 1.82) is 0 Å². The predicted octanol–water partition coefficient (Wildman–Crippen LogP) is 2.82. The largest absolute Gasteiger partial charge is 0.357 e. The first-order chi connectivity index (χ1) is 11.1. The fraction of sp³-hybridized carbons (Fsp3) is 0.471. The second kappa shape index (κ2) is 10.3. The van der Waals surface area contributed by atoms with E-state index in [0.717, 1.165) is 31.4 Å². The molecule has 0 unspecified atom stereocenters. The molecule has 0 aliphatic heterocycles. The summed E-state index contributed by atoms with van der Waals surface area (Å²) < 4.78 is 2.01. The standard InChI is InChI=1S/C17H26N6.HI/c1-5-18-17(19-11-16-21-20-13-23(16)6-2)22(4)12-15-9-7-14(3)8-10-15;/h7-10,13H,5-6,11-12H2,1-4H3,(H,18,19);1H. The quantitative estimate of drug-likeness (QED) is 0.425. The topological polar surface area (TPSA) is 58.3 Å². The Morgan fingerprint density at radius 2 is 1.96 bits per heavy atom. The van der Waals surface area contributed by atoms with Gasteiger partial charge in [0.05, 0.1) is 0 Å². The van der Waals surface area contributed by atoms with Gasteiger partial charge in [0.2, 0.25) is 0 Å². The molecule has 1 aromatic carbocycles. The summed E-state index contributed by atoms with van der Waals surface area (Å²) in [7, 11) is 2.05. The molecule has 1 aromatic heterocycles. The minimum Gasteiger partial charge on any atom is -0.357 e. The monoisotopic (exact) mass is 442 g/mol. The molecule has 132 valence electrons. The molecule has 0 fully saturated rings. The van der Waals surface area contributed by atoms with E-state index in [4.69, 9.17) is 0 Å². The third kappa shape index (κ3) is 5.77. The number of nitrogens with one attached hydrogen (secondary N) is 1. The predicted molar refractivity (Wildman–Crippen MR) is 109 cm³/mol. The van der Waals surface area contributed by atoms with Crippen LogP contribution in [-0.4, -0.2) is 39.2 Å². The van der Waals surface area contributed by atoms with Crippen LogP contribution >= 0.6 is 24.0 Å².